The Morgan fingerprint density at radius 1 is 1.28 bits per heavy atom. The Labute approximate surface area is 108 Å². The molecular formula is C14H20FN3. The van der Waals surface area contributed by atoms with E-state index in [2.05, 4.69) is 16.0 Å². The van der Waals surface area contributed by atoms with Gasteiger partial charge in [0.15, 0.2) is 17.5 Å². The van der Waals surface area contributed by atoms with E-state index in [-0.39, 0.29) is 5.82 Å². The predicted octanol–water partition coefficient (Wildman–Crippen LogP) is 3.28. The van der Waals surface area contributed by atoms with E-state index in [1.54, 1.807) is 19.0 Å². The summed E-state index contributed by atoms with van der Waals surface area (Å²) in [4.78, 5) is 9.88. The predicted molar refractivity (Wildman–Crippen MR) is 71.9 cm³/mol. The third-order valence-electron chi connectivity index (χ3n) is 3.34. The Morgan fingerprint density at radius 3 is 2.67 bits per heavy atom. The van der Waals surface area contributed by atoms with Crippen LogP contribution in [0.3, 0.4) is 0 Å². The van der Waals surface area contributed by atoms with Crippen molar-refractivity contribution in [2.45, 2.75) is 32.1 Å². The van der Waals surface area contributed by atoms with Crippen molar-refractivity contribution >= 4 is 11.9 Å². The first-order valence-electron chi connectivity index (χ1n) is 6.55. The molecule has 18 heavy (non-hydrogen) atoms. The molecule has 0 bridgehead atoms. The molecule has 98 valence electrons. The normalized spacial score (nSPS) is 17.3. The molecular weight excluding hydrogens is 229 g/mol. The monoisotopic (exact) mass is 249 g/mol. The maximum absolute atomic E-state index is 13.4. The summed E-state index contributed by atoms with van der Waals surface area (Å²) in [5.74, 6) is 1.18. The summed E-state index contributed by atoms with van der Waals surface area (Å²) in [5.41, 5.74) is 0. The van der Waals surface area contributed by atoms with Gasteiger partial charge in [0.1, 0.15) is 0 Å². The molecule has 1 heterocycles. The van der Waals surface area contributed by atoms with E-state index < -0.39 is 0 Å². The van der Waals surface area contributed by atoms with E-state index in [4.69, 9.17) is 0 Å². The first-order valence-corrected chi connectivity index (χ1v) is 6.55. The lowest BCUT2D eigenvalue weighted by Gasteiger charge is -2.17. The molecule has 4 heteroatoms. The van der Waals surface area contributed by atoms with Crippen LogP contribution >= 0.6 is 0 Å². The van der Waals surface area contributed by atoms with Crippen molar-refractivity contribution in [2.75, 3.05) is 19.0 Å². The average molecular weight is 249 g/mol. The molecule has 1 aromatic heterocycles. The third-order valence-corrected chi connectivity index (χ3v) is 3.34. The fraction of sp³-hybridized carbons (Fsp3) is 0.571. The Hall–Kier alpha value is -1.45. The summed E-state index contributed by atoms with van der Waals surface area (Å²) < 4.78 is 13.4. The molecule has 1 aliphatic rings. The van der Waals surface area contributed by atoms with Crippen molar-refractivity contribution in [2.24, 2.45) is 5.92 Å². The highest BCUT2D eigenvalue weighted by Gasteiger charge is 2.11. The van der Waals surface area contributed by atoms with Crippen LogP contribution in [-0.4, -0.2) is 24.1 Å². The smallest absolute Gasteiger partial charge is 0.183 e. The Balaban J connectivity index is 2.08. The van der Waals surface area contributed by atoms with Crippen LogP contribution < -0.4 is 4.90 Å². The average Bonchev–Trinajstić information content (AvgIpc) is 2.38. The van der Waals surface area contributed by atoms with Crippen LogP contribution in [0, 0.1) is 11.7 Å². The van der Waals surface area contributed by atoms with Gasteiger partial charge in [0.25, 0.3) is 0 Å². The largest absolute Gasteiger partial charge is 0.360 e. The second-order valence-electron chi connectivity index (χ2n) is 5.05. The topological polar surface area (TPSA) is 29.0 Å². The van der Waals surface area contributed by atoms with Crippen molar-refractivity contribution < 1.29 is 4.39 Å². The molecule has 1 aliphatic carbocycles. The zero-order valence-corrected chi connectivity index (χ0v) is 11.1. The SMILES string of the molecule is CN(C)c1nc(C=CC2CCCCC2)ncc1F. The molecule has 0 radical (unpaired) electrons. The summed E-state index contributed by atoms with van der Waals surface area (Å²) >= 11 is 0. The van der Waals surface area contributed by atoms with E-state index in [1.807, 2.05) is 6.08 Å². The van der Waals surface area contributed by atoms with Gasteiger partial charge < -0.3 is 4.90 Å². The van der Waals surface area contributed by atoms with Crippen LogP contribution in [0.25, 0.3) is 6.08 Å². The Kier molecular flexibility index (Phi) is 4.28. The van der Waals surface area contributed by atoms with Gasteiger partial charge in [-0.3, -0.25) is 0 Å². The van der Waals surface area contributed by atoms with Gasteiger partial charge >= 0.3 is 0 Å². The molecule has 2 rings (SSSR count). The molecule has 0 spiro atoms. The van der Waals surface area contributed by atoms with Gasteiger partial charge in [-0.25, -0.2) is 14.4 Å². The molecule has 0 unspecified atom stereocenters. The molecule has 0 aromatic carbocycles. The zero-order valence-electron chi connectivity index (χ0n) is 11.1. The quantitative estimate of drug-likeness (QED) is 0.823. The summed E-state index contributed by atoms with van der Waals surface area (Å²) in [6, 6.07) is 0. The molecule has 0 atom stereocenters. The fourth-order valence-corrected chi connectivity index (χ4v) is 2.31. The first-order chi connectivity index (χ1) is 8.66. The van der Waals surface area contributed by atoms with E-state index in [1.165, 1.54) is 38.3 Å². The van der Waals surface area contributed by atoms with Gasteiger partial charge in [0, 0.05) is 14.1 Å². The Bertz CT molecular complexity index is 423. The molecule has 0 saturated heterocycles. The van der Waals surface area contributed by atoms with E-state index >= 15 is 0 Å². The summed E-state index contributed by atoms with van der Waals surface area (Å²) in [6.07, 6.45) is 11.8. The third kappa shape index (κ3) is 3.28. The lowest BCUT2D eigenvalue weighted by atomic mass is 9.89. The summed E-state index contributed by atoms with van der Waals surface area (Å²) in [7, 11) is 3.56. The molecule has 1 aromatic rings. The van der Waals surface area contributed by atoms with Crippen LogP contribution in [0.15, 0.2) is 12.3 Å². The zero-order chi connectivity index (χ0) is 13.0. The van der Waals surface area contributed by atoms with Gasteiger partial charge in [0.05, 0.1) is 6.20 Å². The van der Waals surface area contributed by atoms with E-state index in [0.717, 1.165) is 0 Å². The van der Waals surface area contributed by atoms with Crippen molar-refractivity contribution in [3.8, 4) is 0 Å². The Morgan fingerprint density at radius 2 is 2.00 bits per heavy atom. The highest BCUT2D eigenvalue weighted by atomic mass is 19.1. The number of hydrogen-bond donors (Lipinski definition) is 0. The molecule has 0 aliphatic heterocycles. The molecule has 1 fully saturated rings. The minimum Gasteiger partial charge on any atom is -0.360 e. The van der Waals surface area contributed by atoms with Crippen molar-refractivity contribution in [3.05, 3.63) is 23.9 Å². The van der Waals surface area contributed by atoms with Crippen LogP contribution in [0.2, 0.25) is 0 Å². The maximum atomic E-state index is 13.4. The molecule has 0 amide bonds. The minimum absolute atomic E-state index is 0.341. The molecule has 3 nitrogen and oxygen atoms in total. The fourth-order valence-electron chi connectivity index (χ4n) is 2.31. The minimum atomic E-state index is -0.380. The van der Waals surface area contributed by atoms with Gasteiger partial charge in [0.2, 0.25) is 0 Å². The lowest BCUT2D eigenvalue weighted by Crippen LogP contribution is -2.13. The second-order valence-corrected chi connectivity index (χ2v) is 5.05. The van der Waals surface area contributed by atoms with Crippen LogP contribution in [0.4, 0.5) is 10.2 Å². The van der Waals surface area contributed by atoms with Crippen LogP contribution in [0.5, 0.6) is 0 Å². The van der Waals surface area contributed by atoms with Gasteiger partial charge in [-0.05, 0) is 24.8 Å². The number of anilines is 1. The standard InChI is InChI=1S/C14H20FN3/c1-18(2)14-12(15)10-16-13(17-14)9-8-11-6-4-3-5-7-11/h8-11H,3-7H2,1-2H3. The van der Waals surface area contributed by atoms with Gasteiger partial charge in [-0.2, -0.15) is 0 Å². The lowest BCUT2D eigenvalue weighted by molar-refractivity contribution is 0.420. The molecule has 0 N–H and O–H groups in total. The van der Waals surface area contributed by atoms with Crippen molar-refractivity contribution in [1.82, 2.24) is 9.97 Å². The van der Waals surface area contributed by atoms with Crippen LogP contribution in [0.1, 0.15) is 37.9 Å². The van der Waals surface area contributed by atoms with E-state index in [0.29, 0.717) is 17.6 Å². The van der Waals surface area contributed by atoms with Gasteiger partial charge in [-0.1, -0.05) is 25.3 Å². The highest BCUT2D eigenvalue weighted by molar-refractivity contribution is 5.46. The molecule has 1 saturated carbocycles. The van der Waals surface area contributed by atoms with Crippen molar-refractivity contribution in [1.29, 1.82) is 0 Å². The number of nitrogens with zero attached hydrogens (tertiary/aromatic N) is 3. The van der Waals surface area contributed by atoms with Crippen LogP contribution in [-0.2, 0) is 0 Å². The van der Waals surface area contributed by atoms with Crippen molar-refractivity contribution in [3.63, 3.8) is 0 Å². The number of allylic oxidation sites excluding steroid dienone is 1. The summed E-state index contributed by atoms with van der Waals surface area (Å²) in [6.45, 7) is 0. The summed E-state index contributed by atoms with van der Waals surface area (Å²) in [5, 5.41) is 0. The van der Waals surface area contributed by atoms with E-state index in [9.17, 15) is 4.39 Å². The second kappa shape index (κ2) is 5.94. The first kappa shape index (κ1) is 13.0. The number of hydrogen-bond acceptors (Lipinski definition) is 3. The van der Waals surface area contributed by atoms with Gasteiger partial charge in [-0.15, -0.1) is 0 Å². The maximum Gasteiger partial charge on any atom is 0.183 e. The number of rotatable bonds is 3. The number of aromatic nitrogens is 2. The highest BCUT2D eigenvalue weighted by Crippen LogP contribution is 2.25. The number of halogens is 1.